The van der Waals surface area contributed by atoms with Crippen LogP contribution in [0.2, 0.25) is 0 Å². The topological polar surface area (TPSA) is 43.8 Å². The molecule has 0 saturated carbocycles. The SMILES string of the molecule is Cc1ccn(-c2ccc(C(C)N)c(Br)c2)n1. The Balaban J connectivity index is 2.42. The third-order valence-corrected chi connectivity index (χ3v) is 3.15. The van der Waals surface area contributed by atoms with E-state index in [1.54, 1.807) is 0 Å². The predicted octanol–water partition coefficient (Wildman–Crippen LogP) is 2.96. The Kier molecular flexibility index (Phi) is 3.12. The van der Waals surface area contributed by atoms with Crippen LogP contribution in [-0.2, 0) is 0 Å². The molecule has 2 rings (SSSR count). The van der Waals surface area contributed by atoms with Gasteiger partial charge in [-0.2, -0.15) is 5.10 Å². The highest BCUT2D eigenvalue weighted by molar-refractivity contribution is 9.10. The van der Waals surface area contributed by atoms with E-state index in [9.17, 15) is 0 Å². The van der Waals surface area contributed by atoms with Crippen molar-refractivity contribution in [3.63, 3.8) is 0 Å². The maximum Gasteiger partial charge on any atom is 0.0657 e. The summed E-state index contributed by atoms with van der Waals surface area (Å²) in [7, 11) is 0. The quantitative estimate of drug-likeness (QED) is 0.919. The molecule has 0 bridgehead atoms. The fourth-order valence-corrected chi connectivity index (χ4v) is 2.31. The Labute approximate surface area is 103 Å². The summed E-state index contributed by atoms with van der Waals surface area (Å²) in [4.78, 5) is 0. The van der Waals surface area contributed by atoms with E-state index in [2.05, 4.69) is 21.0 Å². The molecule has 16 heavy (non-hydrogen) atoms. The number of nitrogens with zero attached hydrogens (tertiary/aromatic N) is 2. The van der Waals surface area contributed by atoms with Gasteiger partial charge in [0, 0.05) is 16.7 Å². The fourth-order valence-electron chi connectivity index (χ4n) is 1.59. The fraction of sp³-hybridized carbons (Fsp3) is 0.250. The van der Waals surface area contributed by atoms with Crippen molar-refractivity contribution in [1.82, 2.24) is 9.78 Å². The van der Waals surface area contributed by atoms with Crippen LogP contribution < -0.4 is 5.73 Å². The van der Waals surface area contributed by atoms with Gasteiger partial charge in [-0.15, -0.1) is 0 Å². The minimum absolute atomic E-state index is 0.0304. The minimum atomic E-state index is 0.0304. The largest absolute Gasteiger partial charge is 0.324 e. The molecule has 2 aromatic rings. The third kappa shape index (κ3) is 2.18. The molecule has 1 aromatic heterocycles. The molecule has 0 radical (unpaired) electrons. The third-order valence-electron chi connectivity index (χ3n) is 2.46. The molecular weight excluding hydrogens is 266 g/mol. The van der Waals surface area contributed by atoms with Gasteiger partial charge in [0.1, 0.15) is 0 Å². The van der Waals surface area contributed by atoms with Crippen molar-refractivity contribution >= 4 is 15.9 Å². The van der Waals surface area contributed by atoms with Crippen LogP contribution in [0.25, 0.3) is 5.69 Å². The smallest absolute Gasteiger partial charge is 0.0657 e. The molecule has 0 aliphatic carbocycles. The van der Waals surface area contributed by atoms with Crippen LogP contribution in [0.15, 0.2) is 34.9 Å². The van der Waals surface area contributed by atoms with E-state index in [-0.39, 0.29) is 6.04 Å². The van der Waals surface area contributed by atoms with E-state index in [1.165, 1.54) is 0 Å². The average molecular weight is 280 g/mol. The molecule has 1 unspecified atom stereocenters. The second kappa shape index (κ2) is 4.39. The molecule has 84 valence electrons. The number of halogens is 1. The molecule has 3 nitrogen and oxygen atoms in total. The lowest BCUT2D eigenvalue weighted by Crippen LogP contribution is -2.06. The molecule has 0 fully saturated rings. The lowest BCUT2D eigenvalue weighted by atomic mass is 10.1. The van der Waals surface area contributed by atoms with Gasteiger partial charge in [0.15, 0.2) is 0 Å². The number of rotatable bonds is 2. The van der Waals surface area contributed by atoms with Crippen molar-refractivity contribution in [3.8, 4) is 5.69 Å². The summed E-state index contributed by atoms with van der Waals surface area (Å²) in [6, 6.07) is 8.10. The molecule has 0 spiro atoms. The Morgan fingerprint density at radius 2 is 2.12 bits per heavy atom. The first kappa shape index (κ1) is 11.4. The Bertz CT molecular complexity index is 503. The maximum atomic E-state index is 5.85. The van der Waals surface area contributed by atoms with Crippen LogP contribution in [0.4, 0.5) is 0 Å². The Hall–Kier alpha value is -1.13. The van der Waals surface area contributed by atoms with E-state index in [1.807, 2.05) is 49.0 Å². The van der Waals surface area contributed by atoms with Crippen LogP contribution in [0.1, 0.15) is 24.2 Å². The number of aromatic nitrogens is 2. The molecule has 1 aromatic carbocycles. The normalized spacial score (nSPS) is 12.8. The lowest BCUT2D eigenvalue weighted by Gasteiger charge is -2.10. The predicted molar refractivity (Wildman–Crippen MR) is 68.6 cm³/mol. The van der Waals surface area contributed by atoms with Gasteiger partial charge in [0.05, 0.1) is 11.4 Å². The van der Waals surface area contributed by atoms with Gasteiger partial charge >= 0.3 is 0 Å². The molecule has 1 heterocycles. The average Bonchev–Trinajstić information content (AvgIpc) is 2.64. The maximum absolute atomic E-state index is 5.85. The summed E-state index contributed by atoms with van der Waals surface area (Å²) in [5, 5.41) is 4.36. The van der Waals surface area contributed by atoms with Gasteiger partial charge in [-0.1, -0.05) is 22.0 Å². The zero-order valence-electron chi connectivity index (χ0n) is 9.31. The molecular formula is C12H14BrN3. The number of aryl methyl sites for hydroxylation is 1. The molecule has 1 atom stereocenters. The van der Waals surface area contributed by atoms with Crippen molar-refractivity contribution in [2.24, 2.45) is 5.73 Å². The zero-order valence-corrected chi connectivity index (χ0v) is 10.9. The van der Waals surface area contributed by atoms with E-state index in [4.69, 9.17) is 5.73 Å². The zero-order chi connectivity index (χ0) is 11.7. The van der Waals surface area contributed by atoms with Gasteiger partial charge in [0.2, 0.25) is 0 Å². The minimum Gasteiger partial charge on any atom is -0.324 e. The summed E-state index contributed by atoms with van der Waals surface area (Å²) in [5.74, 6) is 0. The molecule has 2 N–H and O–H groups in total. The first-order chi connectivity index (χ1) is 7.58. The van der Waals surface area contributed by atoms with E-state index in [0.717, 1.165) is 21.4 Å². The summed E-state index contributed by atoms with van der Waals surface area (Å²) in [6.07, 6.45) is 1.95. The van der Waals surface area contributed by atoms with Crippen molar-refractivity contribution in [1.29, 1.82) is 0 Å². The molecule has 0 saturated heterocycles. The Morgan fingerprint density at radius 1 is 1.38 bits per heavy atom. The van der Waals surface area contributed by atoms with Crippen LogP contribution in [0.5, 0.6) is 0 Å². The summed E-state index contributed by atoms with van der Waals surface area (Å²) >= 11 is 3.53. The van der Waals surface area contributed by atoms with E-state index < -0.39 is 0 Å². The van der Waals surface area contributed by atoms with Crippen molar-refractivity contribution in [2.45, 2.75) is 19.9 Å². The standard InChI is InChI=1S/C12H14BrN3/c1-8-5-6-16(15-8)10-3-4-11(9(2)14)12(13)7-10/h3-7,9H,14H2,1-2H3. The second-order valence-electron chi connectivity index (χ2n) is 3.90. The van der Waals surface area contributed by atoms with Gasteiger partial charge in [0.25, 0.3) is 0 Å². The molecule has 0 amide bonds. The number of hydrogen-bond acceptors (Lipinski definition) is 2. The highest BCUT2D eigenvalue weighted by Crippen LogP contribution is 2.24. The number of hydrogen-bond donors (Lipinski definition) is 1. The monoisotopic (exact) mass is 279 g/mol. The molecule has 0 aliphatic rings. The van der Waals surface area contributed by atoms with Gasteiger partial charge in [-0.05, 0) is 37.6 Å². The van der Waals surface area contributed by atoms with Crippen LogP contribution in [0, 0.1) is 6.92 Å². The number of benzene rings is 1. The first-order valence-corrected chi connectivity index (χ1v) is 5.95. The van der Waals surface area contributed by atoms with Crippen molar-refractivity contribution in [2.75, 3.05) is 0 Å². The van der Waals surface area contributed by atoms with E-state index >= 15 is 0 Å². The first-order valence-electron chi connectivity index (χ1n) is 5.15. The highest BCUT2D eigenvalue weighted by atomic mass is 79.9. The number of nitrogens with two attached hydrogens (primary N) is 1. The summed E-state index contributed by atoms with van der Waals surface area (Å²) in [5.41, 5.74) is 9.00. The van der Waals surface area contributed by atoms with Crippen LogP contribution in [-0.4, -0.2) is 9.78 Å². The van der Waals surface area contributed by atoms with Crippen LogP contribution in [0.3, 0.4) is 0 Å². The summed E-state index contributed by atoms with van der Waals surface area (Å²) < 4.78 is 2.87. The van der Waals surface area contributed by atoms with Crippen LogP contribution >= 0.6 is 15.9 Å². The van der Waals surface area contributed by atoms with Crippen molar-refractivity contribution < 1.29 is 0 Å². The van der Waals surface area contributed by atoms with Gasteiger partial charge < -0.3 is 5.73 Å². The highest BCUT2D eigenvalue weighted by Gasteiger charge is 2.06. The van der Waals surface area contributed by atoms with Crippen molar-refractivity contribution in [3.05, 3.63) is 46.2 Å². The van der Waals surface area contributed by atoms with Gasteiger partial charge in [-0.3, -0.25) is 0 Å². The van der Waals surface area contributed by atoms with Gasteiger partial charge in [-0.25, -0.2) is 4.68 Å². The Morgan fingerprint density at radius 3 is 2.62 bits per heavy atom. The molecule has 0 aliphatic heterocycles. The second-order valence-corrected chi connectivity index (χ2v) is 4.75. The lowest BCUT2D eigenvalue weighted by molar-refractivity contribution is 0.807. The molecule has 4 heteroatoms. The van der Waals surface area contributed by atoms with E-state index in [0.29, 0.717) is 0 Å². The summed E-state index contributed by atoms with van der Waals surface area (Å²) in [6.45, 7) is 3.94.